The van der Waals surface area contributed by atoms with Gasteiger partial charge in [-0.3, -0.25) is 0 Å². The van der Waals surface area contributed by atoms with Gasteiger partial charge in [0.05, 0.1) is 25.4 Å². The van der Waals surface area contributed by atoms with Gasteiger partial charge < -0.3 is 20.1 Å². The predicted octanol–water partition coefficient (Wildman–Crippen LogP) is 2.25. The maximum Gasteiger partial charge on any atom is 0.317 e. The smallest absolute Gasteiger partial charge is 0.317 e. The molecule has 1 heterocycles. The molecule has 134 valence electrons. The van der Waals surface area contributed by atoms with Crippen molar-refractivity contribution in [2.24, 2.45) is 0 Å². The number of nitrogens with one attached hydrogen (secondary N) is 1. The van der Waals surface area contributed by atoms with E-state index in [2.05, 4.69) is 5.32 Å². The molecule has 0 unspecified atom stereocenters. The van der Waals surface area contributed by atoms with Crippen molar-refractivity contribution in [3.63, 3.8) is 0 Å². The molecule has 2 amide bonds. The van der Waals surface area contributed by atoms with Crippen LogP contribution in [0.15, 0.2) is 18.2 Å². The summed E-state index contributed by atoms with van der Waals surface area (Å²) in [6, 6.07) is 2.99. The van der Waals surface area contributed by atoms with Crippen molar-refractivity contribution in [2.75, 3.05) is 26.3 Å². The van der Waals surface area contributed by atoms with Gasteiger partial charge in [0, 0.05) is 25.1 Å². The Labute approximate surface area is 140 Å². The van der Waals surface area contributed by atoms with Crippen LogP contribution in [0, 0.1) is 11.6 Å². The third-order valence-electron chi connectivity index (χ3n) is 4.15. The van der Waals surface area contributed by atoms with Crippen molar-refractivity contribution in [3.8, 4) is 0 Å². The average Bonchev–Trinajstić information content (AvgIpc) is 2.52. The van der Waals surface area contributed by atoms with E-state index in [0.29, 0.717) is 31.7 Å². The Hall–Kier alpha value is -1.73. The summed E-state index contributed by atoms with van der Waals surface area (Å²) in [7, 11) is 0. The Bertz CT molecular complexity index is 569. The molecule has 0 spiro atoms. The maximum atomic E-state index is 13.8. The lowest BCUT2D eigenvalue weighted by Crippen LogP contribution is -2.53. The van der Waals surface area contributed by atoms with E-state index < -0.39 is 17.7 Å². The Morgan fingerprint density at radius 2 is 2.21 bits per heavy atom. The van der Waals surface area contributed by atoms with Gasteiger partial charge in [0.2, 0.25) is 0 Å². The van der Waals surface area contributed by atoms with E-state index in [0.717, 1.165) is 6.07 Å². The third-order valence-corrected chi connectivity index (χ3v) is 4.15. The van der Waals surface area contributed by atoms with Gasteiger partial charge in [0.15, 0.2) is 0 Å². The van der Waals surface area contributed by atoms with Crippen molar-refractivity contribution < 1.29 is 23.4 Å². The van der Waals surface area contributed by atoms with E-state index in [1.807, 2.05) is 0 Å². The van der Waals surface area contributed by atoms with Crippen LogP contribution in [0.4, 0.5) is 13.6 Å². The number of aliphatic hydroxyl groups is 1. The number of hydrogen-bond acceptors (Lipinski definition) is 3. The summed E-state index contributed by atoms with van der Waals surface area (Å²) in [5.41, 5.74) is 0.360. The molecule has 24 heavy (non-hydrogen) atoms. The van der Waals surface area contributed by atoms with Gasteiger partial charge in [0.25, 0.3) is 0 Å². The van der Waals surface area contributed by atoms with Crippen molar-refractivity contribution in [1.82, 2.24) is 10.2 Å². The highest BCUT2D eigenvalue weighted by Gasteiger charge is 2.28. The Morgan fingerprint density at radius 3 is 2.88 bits per heavy atom. The minimum Gasteiger partial charge on any atom is -0.393 e. The molecule has 1 aromatic rings. The zero-order valence-electron chi connectivity index (χ0n) is 14.0. The molecule has 0 aromatic heterocycles. The molecule has 1 saturated heterocycles. The monoisotopic (exact) mass is 342 g/mol. The largest absolute Gasteiger partial charge is 0.393 e. The molecule has 1 fully saturated rings. The quantitative estimate of drug-likeness (QED) is 0.863. The third kappa shape index (κ3) is 4.88. The molecule has 5 nitrogen and oxygen atoms in total. The summed E-state index contributed by atoms with van der Waals surface area (Å²) in [6.45, 7) is 4.96. The number of amides is 2. The highest BCUT2D eigenvalue weighted by molar-refractivity contribution is 5.74. The maximum absolute atomic E-state index is 13.8. The van der Waals surface area contributed by atoms with Gasteiger partial charge >= 0.3 is 6.03 Å². The predicted molar refractivity (Wildman–Crippen MR) is 85.8 cm³/mol. The van der Waals surface area contributed by atoms with Gasteiger partial charge in [-0.25, -0.2) is 13.6 Å². The first-order chi connectivity index (χ1) is 11.4. The number of hydrogen-bond donors (Lipinski definition) is 2. The minimum atomic E-state index is -0.623. The fourth-order valence-electron chi connectivity index (χ4n) is 2.86. The summed E-state index contributed by atoms with van der Waals surface area (Å²) >= 11 is 0. The highest BCUT2D eigenvalue weighted by Crippen LogP contribution is 2.19. The normalized spacial score (nSPS) is 20.5. The molecule has 1 aromatic carbocycles. The van der Waals surface area contributed by atoms with Crippen LogP contribution in [-0.2, 0) is 4.74 Å². The Morgan fingerprint density at radius 1 is 1.46 bits per heavy atom. The zero-order chi connectivity index (χ0) is 17.7. The molecule has 0 aliphatic carbocycles. The molecular formula is C17H24F2N2O3. The van der Waals surface area contributed by atoms with Crippen LogP contribution in [-0.4, -0.2) is 54.5 Å². The van der Waals surface area contributed by atoms with Crippen LogP contribution in [0.5, 0.6) is 0 Å². The molecule has 7 heteroatoms. The zero-order valence-corrected chi connectivity index (χ0v) is 14.0. The number of carbonyl (C=O) groups is 1. The molecule has 0 saturated carbocycles. The summed E-state index contributed by atoms with van der Waals surface area (Å²) < 4.78 is 32.1. The number of ether oxygens (including phenoxy) is 1. The molecule has 1 aliphatic heterocycles. The van der Waals surface area contributed by atoms with Crippen LogP contribution >= 0.6 is 0 Å². The van der Waals surface area contributed by atoms with Crippen molar-refractivity contribution in [2.45, 2.75) is 38.3 Å². The van der Waals surface area contributed by atoms with Gasteiger partial charge in [0.1, 0.15) is 11.6 Å². The van der Waals surface area contributed by atoms with Crippen molar-refractivity contribution >= 4 is 6.03 Å². The van der Waals surface area contributed by atoms with Crippen LogP contribution in [0.25, 0.3) is 0 Å². The van der Waals surface area contributed by atoms with Gasteiger partial charge in [-0.1, -0.05) is 13.0 Å². The summed E-state index contributed by atoms with van der Waals surface area (Å²) in [6.07, 6.45) is -0.0884. The molecule has 0 bridgehead atoms. The SMILES string of the molecule is C[C@H](O)C[C@@H]1COCCN1C(=O)NC[C@H](C)c1ccc(F)cc1F. The van der Waals surface area contributed by atoms with E-state index in [-0.39, 0.29) is 24.5 Å². The number of benzene rings is 1. The van der Waals surface area contributed by atoms with E-state index in [9.17, 15) is 18.7 Å². The van der Waals surface area contributed by atoms with Crippen LogP contribution < -0.4 is 5.32 Å². The summed E-state index contributed by atoms with van der Waals surface area (Å²) in [4.78, 5) is 14.0. The number of rotatable bonds is 5. The second-order valence-electron chi connectivity index (χ2n) is 6.26. The molecular weight excluding hydrogens is 318 g/mol. The first kappa shape index (κ1) is 18.6. The van der Waals surface area contributed by atoms with Gasteiger partial charge in [-0.05, 0) is 25.0 Å². The van der Waals surface area contributed by atoms with E-state index in [1.165, 1.54) is 12.1 Å². The molecule has 3 atom stereocenters. The summed E-state index contributed by atoms with van der Waals surface area (Å²) in [5.74, 6) is -1.53. The number of aliphatic hydroxyl groups excluding tert-OH is 1. The standard InChI is InChI=1S/C17H24F2N2O3/c1-11(15-4-3-13(18)8-16(15)19)9-20-17(23)21-5-6-24-10-14(21)7-12(2)22/h3-4,8,11-12,14,22H,5-7,9-10H2,1-2H3,(H,20,23)/t11-,12-,14+/m0/s1. The van der Waals surface area contributed by atoms with E-state index >= 15 is 0 Å². The fraction of sp³-hybridized carbons (Fsp3) is 0.588. The fourth-order valence-corrected chi connectivity index (χ4v) is 2.86. The molecule has 2 rings (SSSR count). The lowest BCUT2D eigenvalue weighted by atomic mass is 10.0. The molecule has 1 aliphatic rings. The lowest BCUT2D eigenvalue weighted by Gasteiger charge is -2.36. The van der Waals surface area contributed by atoms with Crippen molar-refractivity contribution in [3.05, 3.63) is 35.4 Å². The number of carbonyl (C=O) groups excluding carboxylic acids is 1. The first-order valence-corrected chi connectivity index (χ1v) is 8.13. The second kappa shape index (κ2) is 8.39. The Balaban J connectivity index is 1.93. The summed E-state index contributed by atoms with van der Waals surface area (Å²) in [5, 5.41) is 12.3. The van der Waals surface area contributed by atoms with Crippen LogP contribution in [0.1, 0.15) is 31.7 Å². The molecule has 2 N–H and O–H groups in total. The first-order valence-electron chi connectivity index (χ1n) is 8.13. The number of halogens is 2. The van der Waals surface area contributed by atoms with Gasteiger partial charge in [-0.15, -0.1) is 0 Å². The topological polar surface area (TPSA) is 61.8 Å². The number of nitrogens with zero attached hydrogens (tertiary/aromatic N) is 1. The Kier molecular flexibility index (Phi) is 6.51. The lowest BCUT2D eigenvalue weighted by molar-refractivity contribution is -0.00433. The second-order valence-corrected chi connectivity index (χ2v) is 6.26. The van der Waals surface area contributed by atoms with Gasteiger partial charge in [-0.2, -0.15) is 0 Å². The van der Waals surface area contributed by atoms with E-state index in [1.54, 1.807) is 18.7 Å². The number of urea groups is 1. The van der Waals surface area contributed by atoms with E-state index in [4.69, 9.17) is 4.74 Å². The highest BCUT2D eigenvalue weighted by atomic mass is 19.1. The molecule has 0 radical (unpaired) electrons. The minimum absolute atomic E-state index is 0.184. The van der Waals surface area contributed by atoms with Crippen LogP contribution in [0.2, 0.25) is 0 Å². The van der Waals surface area contributed by atoms with Crippen molar-refractivity contribution in [1.29, 1.82) is 0 Å². The average molecular weight is 342 g/mol. The number of morpholine rings is 1. The van der Waals surface area contributed by atoms with Crippen LogP contribution in [0.3, 0.4) is 0 Å².